The Morgan fingerprint density at radius 2 is 1.44 bits per heavy atom. The van der Waals surface area contributed by atoms with Crippen LogP contribution in [0.5, 0.6) is 0 Å². The summed E-state index contributed by atoms with van der Waals surface area (Å²) in [5.41, 5.74) is 2.43. The van der Waals surface area contributed by atoms with Gasteiger partial charge in [-0.1, -0.05) is 0 Å². The molecule has 138 valence electrons. The Morgan fingerprint density at radius 3 is 1.84 bits per heavy atom. The van der Waals surface area contributed by atoms with E-state index in [0.29, 0.717) is 0 Å². The minimum atomic E-state index is -2.68. The topological polar surface area (TPSA) is 29.4 Å². The summed E-state index contributed by atoms with van der Waals surface area (Å²) in [7, 11) is 0. The van der Waals surface area contributed by atoms with Gasteiger partial charge in [-0.25, -0.2) is 0 Å². The fourth-order valence-corrected chi connectivity index (χ4v) is 18.8. The molecule has 0 N–H and O–H groups in total. The summed E-state index contributed by atoms with van der Waals surface area (Å²) >= 11 is -2.68. The van der Waals surface area contributed by atoms with Crippen molar-refractivity contribution in [2.24, 2.45) is 4.99 Å². The molecule has 0 saturated heterocycles. The fourth-order valence-electron chi connectivity index (χ4n) is 3.48. The van der Waals surface area contributed by atoms with Gasteiger partial charge < -0.3 is 0 Å². The number of rotatable bonds is 12. The van der Waals surface area contributed by atoms with E-state index in [-0.39, 0.29) is 0 Å². The van der Waals surface area contributed by atoms with E-state index in [2.05, 4.69) is 63.0 Å². The molecule has 2 nitrogen and oxygen atoms in total. The Morgan fingerprint density at radius 1 is 0.960 bits per heavy atom. The minimum absolute atomic E-state index is 1.14. The summed E-state index contributed by atoms with van der Waals surface area (Å²) < 4.78 is 5.08. The van der Waals surface area contributed by atoms with E-state index in [9.17, 15) is 4.79 Å². The van der Waals surface area contributed by atoms with E-state index >= 15 is 0 Å². The van der Waals surface area contributed by atoms with Crippen LogP contribution >= 0.6 is 0 Å². The number of isocyanates is 1. The molecule has 0 atom stereocenters. The molecule has 1 aromatic rings. The van der Waals surface area contributed by atoms with Gasteiger partial charge in [0.2, 0.25) is 0 Å². The molecular formula is C22H35NOSn. The zero-order chi connectivity index (χ0) is 18.5. The van der Waals surface area contributed by atoms with E-state index in [1.54, 1.807) is 0 Å². The fraction of sp³-hybridized carbons (Fsp3) is 0.591. The van der Waals surface area contributed by atoms with Gasteiger partial charge in [0, 0.05) is 0 Å². The van der Waals surface area contributed by atoms with Crippen LogP contribution in [0.25, 0.3) is 6.08 Å². The van der Waals surface area contributed by atoms with Crippen LogP contribution in [0.1, 0.15) is 70.4 Å². The number of hydrogen-bond donors (Lipinski definition) is 0. The molecule has 0 aliphatic heterocycles. The van der Waals surface area contributed by atoms with Crippen LogP contribution in [-0.4, -0.2) is 24.5 Å². The van der Waals surface area contributed by atoms with Crippen molar-refractivity contribution in [1.82, 2.24) is 0 Å². The van der Waals surface area contributed by atoms with Gasteiger partial charge in [0.1, 0.15) is 0 Å². The van der Waals surface area contributed by atoms with Gasteiger partial charge in [-0.05, 0) is 0 Å². The number of carbonyl (C=O) groups excluding carboxylic acids is 1. The molecule has 1 aromatic carbocycles. The van der Waals surface area contributed by atoms with Gasteiger partial charge in [0.05, 0.1) is 0 Å². The third-order valence-corrected chi connectivity index (χ3v) is 20.2. The van der Waals surface area contributed by atoms with Crippen LogP contribution in [0.3, 0.4) is 0 Å². The third-order valence-electron chi connectivity index (χ3n) is 5.12. The molecule has 0 aromatic heterocycles. The van der Waals surface area contributed by atoms with E-state index in [1.165, 1.54) is 63.0 Å². The Balaban J connectivity index is 3.33. The molecule has 0 heterocycles. The number of hydrogen-bond acceptors (Lipinski definition) is 2. The average Bonchev–Trinajstić information content (AvgIpc) is 2.63. The van der Waals surface area contributed by atoms with Gasteiger partial charge in [-0.15, -0.1) is 0 Å². The van der Waals surface area contributed by atoms with Gasteiger partial charge in [-0.3, -0.25) is 0 Å². The number of benzene rings is 1. The van der Waals surface area contributed by atoms with Crippen molar-refractivity contribution in [2.75, 3.05) is 0 Å². The first-order chi connectivity index (χ1) is 12.1. The molecule has 0 fully saturated rings. The van der Waals surface area contributed by atoms with Crippen molar-refractivity contribution in [3.05, 3.63) is 39.1 Å². The number of aryl methyl sites for hydroxylation is 1. The molecule has 0 unspecified atom stereocenters. The standard InChI is InChI=1S/C10H8NO.3C4H9.Sn/c1-9-2-4-10(5-3-9)6-7-11-8-12;3*1-3-4-2;/h2-6H,1H3;3*1,3-4H2,2H3;. The van der Waals surface area contributed by atoms with Gasteiger partial charge in [-0.2, -0.15) is 0 Å². The zero-order valence-corrected chi connectivity index (χ0v) is 19.5. The number of aliphatic imine (C=N–C) groups is 1. The van der Waals surface area contributed by atoms with E-state index in [1.807, 2.05) is 6.08 Å². The molecular weight excluding hydrogens is 413 g/mol. The molecule has 0 aliphatic carbocycles. The quantitative estimate of drug-likeness (QED) is 0.191. The summed E-state index contributed by atoms with van der Waals surface area (Å²) in [6, 6.07) is 8.56. The van der Waals surface area contributed by atoms with Crippen LogP contribution in [0.4, 0.5) is 0 Å². The molecule has 25 heavy (non-hydrogen) atoms. The molecule has 0 aliphatic rings. The summed E-state index contributed by atoms with van der Waals surface area (Å²) in [4.78, 5) is 15.6. The van der Waals surface area contributed by atoms with E-state index in [4.69, 9.17) is 0 Å². The van der Waals surface area contributed by atoms with Crippen molar-refractivity contribution < 1.29 is 4.79 Å². The number of nitrogens with zero attached hydrogens (tertiary/aromatic N) is 1. The Labute approximate surface area is 158 Å². The Kier molecular flexibility index (Phi) is 11.1. The van der Waals surface area contributed by atoms with E-state index in [0.717, 1.165) is 3.71 Å². The second-order valence-corrected chi connectivity index (χ2v) is 20.3. The van der Waals surface area contributed by atoms with Crippen LogP contribution in [0.2, 0.25) is 13.3 Å². The van der Waals surface area contributed by atoms with Gasteiger partial charge in [0.15, 0.2) is 0 Å². The molecule has 0 bridgehead atoms. The summed E-state index contributed by atoms with van der Waals surface area (Å²) in [6.07, 6.45) is 11.6. The van der Waals surface area contributed by atoms with Crippen molar-refractivity contribution in [3.63, 3.8) is 0 Å². The second-order valence-electron chi connectivity index (χ2n) is 7.23. The molecule has 0 spiro atoms. The van der Waals surface area contributed by atoms with Crippen molar-refractivity contribution >= 4 is 30.5 Å². The first kappa shape index (κ1) is 22.2. The van der Waals surface area contributed by atoms with Gasteiger partial charge >= 0.3 is 159 Å². The normalized spacial score (nSPS) is 12.1. The maximum atomic E-state index is 11.2. The summed E-state index contributed by atoms with van der Waals surface area (Å²) in [6.45, 7) is 8.90. The van der Waals surface area contributed by atoms with Crippen LogP contribution in [0.15, 0.2) is 33.0 Å². The second kappa shape index (κ2) is 12.5. The molecule has 1 rings (SSSR count). The molecule has 0 radical (unpaired) electrons. The van der Waals surface area contributed by atoms with Gasteiger partial charge in [0.25, 0.3) is 0 Å². The first-order valence-corrected chi connectivity index (χ1v) is 17.5. The monoisotopic (exact) mass is 449 g/mol. The predicted molar refractivity (Wildman–Crippen MR) is 112 cm³/mol. The molecule has 3 heteroatoms. The SMILES string of the molecule is CCC[CH2][Sn]([CH2]CCC)([CH2]CCC)/[C](=C/c1ccc(C)cc1)N=C=O. The van der Waals surface area contributed by atoms with Crippen molar-refractivity contribution in [3.8, 4) is 0 Å². The predicted octanol–water partition coefficient (Wildman–Crippen LogP) is 7.06. The van der Waals surface area contributed by atoms with Crippen LogP contribution in [-0.2, 0) is 4.79 Å². The first-order valence-electron chi connectivity index (χ1n) is 9.98. The van der Waals surface area contributed by atoms with Crippen LogP contribution in [0, 0.1) is 6.92 Å². The zero-order valence-electron chi connectivity index (χ0n) is 16.6. The van der Waals surface area contributed by atoms with Crippen molar-refractivity contribution in [2.45, 2.75) is 79.5 Å². The Bertz CT molecular complexity index is 548. The molecule has 0 saturated carbocycles. The van der Waals surface area contributed by atoms with Crippen molar-refractivity contribution in [1.29, 1.82) is 0 Å². The van der Waals surface area contributed by atoms with Crippen LogP contribution < -0.4 is 0 Å². The number of unbranched alkanes of at least 4 members (excludes halogenated alkanes) is 3. The Hall–Kier alpha value is -0.861. The average molecular weight is 448 g/mol. The van der Waals surface area contributed by atoms with E-state index < -0.39 is 18.4 Å². The molecule has 0 amide bonds. The maximum absolute atomic E-state index is 11.2. The third kappa shape index (κ3) is 7.50. The summed E-state index contributed by atoms with van der Waals surface area (Å²) in [5.74, 6) is 0. The summed E-state index contributed by atoms with van der Waals surface area (Å²) in [5, 5.41) is 0.